The van der Waals surface area contributed by atoms with Crippen LogP contribution in [0.5, 0.6) is 0 Å². The molecule has 3 nitrogen and oxygen atoms in total. The topological polar surface area (TPSA) is 32.5 Å². The van der Waals surface area contributed by atoms with Crippen molar-refractivity contribution in [3.05, 3.63) is 0 Å². The van der Waals surface area contributed by atoms with E-state index in [1.165, 1.54) is 6.42 Å². The van der Waals surface area contributed by atoms with E-state index in [0.29, 0.717) is 11.0 Å². The summed E-state index contributed by atoms with van der Waals surface area (Å²) in [4.78, 5) is 5.35. The first-order valence-electron chi connectivity index (χ1n) is 6.18. The molecule has 16 heavy (non-hydrogen) atoms. The van der Waals surface area contributed by atoms with Gasteiger partial charge in [-0.15, -0.1) is 0 Å². The smallest absolute Gasteiger partial charge is 0.0743 e. The third kappa shape index (κ3) is 7.14. The van der Waals surface area contributed by atoms with Crippen LogP contribution in [-0.2, 0) is 0 Å². The zero-order valence-electron chi connectivity index (χ0n) is 11.2. The maximum Gasteiger partial charge on any atom is 0.0743 e. The molecule has 0 aliphatic rings. The van der Waals surface area contributed by atoms with E-state index in [9.17, 15) is 0 Å². The minimum absolute atomic E-state index is 0.518. The number of rotatable bonds is 9. The molecule has 0 saturated heterocycles. The maximum atomic E-state index is 5.63. The van der Waals surface area contributed by atoms with Crippen LogP contribution >= 0.6 is 12.2 Å². The molecule has 0 aromatic rings. The highest BCUT2D eigenvalue weighted by atomic mass is 32.1. The maximum absolute atomic E-state index is 5.63. The summed E-state index contributed by atoms with van der Waals surface area (Å²) in [6.07, 6.45) is 3.17. The average molecular weight is 245 g/mol. The number of nitrogens with two attached hydrogens (primary N) is 1. The summed E-state index contributed by atoms with van der Waals surface area (Å²) < 4.78 is 0. The Morgan fingerprint density at radius 1 is 1.25 bits per heavy atom. The third-order valence-electron chi connectivity index (χ3n) is 2.88. The lowest BCUT2D eigenvalue weighted by Gasteiger charge is -2.30. The fourth-order valence-corrected chi connectivity index (χ4v) is 2.15. The van der Waals surface area contributed by atoms with Gasteiger partial charge in [0, 0.05) is 12.5 Å². The van der Waals surface area contributed by atoms with Gasteiger partial charge in [-0.05, 0) is 46.6 Å². The van der Waals surface area contributed by atoms with Gasteiger partial charge in [-0.3, -0.25) is 0 Å². The molecule has 2 N–H and O–H groups in total. The molecule has 0 radical (unpaired) electrons. The first-order valence-corrected chi connectivity index (χ1v) is 6.59. The van der Waals surface area contributed by atoms with Crippen LogP contribution in [0.4, 0.5) is 0 Å². The van der Waals surface area contributed by atoms with E-state index in [2.05, 4.69) is 37.7 Å². The Kier molecular flexibility index (Phi) is 8.80. The van der Waals surface area contributed by atoms with Crippen LogP contribution in [0.1, 0.15) is 33.1 Å². The van der Waals surface area contributed by atoms with Crippen molar-refractivity contribution in [3.8, 4) is 0 Å². The summed E-state index contributed by atoms with van der Waals surface area (Å²) in [6, 6.07) is 0.518. The van der Waals surface area contributed by atoms with Crippen LogP contribution in [0, 0.1) is 0 Å². The van der Waals surface area contributed by atoms with Crippen molar-refractivity contribution in [2.75, 3.05) is 33.7 Å². The Labute approximate surface area is 106 Å². The first-order chi connectivity index (χ1) is 7.51. The SMILES string of the molecule is CCC(CC(N)=S)N(CC)CCCN(C)C. The highest BCUT2D eigenvalue weighted by molar-refractivity contribution is 7.80. The molecule has 0 aliphatic heterocycles. The Morgan fingerprint density at radius 2 is 1.88 bits per heavy atom. The number of nitrogens with zero attached hydrogens (tertiary/aromatic N) is 2. The van der Waals surface area contributed by atoms with Gasteiger partial charge in [0.15, 0.2) is 0 Å². The highest BCUT2D eigenvalue weighted by Gasteiger charge is 2.15. The average Bonchev–Trinajstić information content (AvgIpc) is 2.21. The number of thiocarbonyl (C=S) groups is 1. The molecule has 0 aromatic carbocycles. The number of hydrogen-bond acceptors (Lipinski definition) is 3. The van der Waals surface area contributed by atoms with Crippen LogP contribution in [0.2, 0.25) is 0 Å². The predicted octanol–water partition coefficient (Wildman–Crippen LogP) is 1.71. The van der Waals surface area contributed by atoms with E-state index in [4.69, 9.17) is 18.0 Å². The monoisotopic (exact) mass is 245 g/mol. The molecule has 0 rings (SSSR count). The lowest BCUT2D eigenvalue weighted by atomic mass is 10.1. The largest absolute Gasteiger partial charge is 0.393 e. The molecule has 0 bridgehead atoms. The fourth-order valence-electron chi connectivity index (χ4n) is 1.95. The van der Waals surface area contributed by atoms with Crippen molar-refractivity contribution >= 4 is 17.2 Å². The van der Waals surface area contributed by atoms with E-state index >= 15 is 0 Å². The Morgan fingerprint density at radius 3 is 2.25 bits per heavy atom. The van der Waals surface area contributed by atoms with Crippen molar-refractivity contribution in [1.29, 1.82) is 0 Å². The molecular weight excluding hydrogens is 218 g/mol. The second-order valence-electron chi connectivity index (χ2n) is 4.52. The highest BCUT2D eigenvalue weighted by Crippen LogP contribution is 2.09. The fraction of sp³-hybridized carbons (Fsp3) is 0.917. The van der Waals surface area contributed by atoms with E-state index in [0.717, 1.165) is 32.5 Å². The van der Waals surface area contributed by atoms with E-state index in [1.54, 1.807) is 0 Å². The van der Waals surface area contributed by atoms with Gasteiger partial charge in [-0.1, -0.05) is 26.1 Å². The van der Waals surface area contributed by atoms with Crippen LogP contribution in [-0.4, -0.2) is 54.6 Å². The van der Waals surface area contributed by atoms with Gasteiger partial charge in [-0.25, -0.2) is 0 Å². The molecule has 0 aliphatic carbocycles. The zero-order valence-corrected chi connectivity index (χ0v) is 12.0. The standard InChI is InChI=1S/C12H27N3S/c1-5-11(10-12(13)16)15(6-2)9-7-8-14(3)4/h11H,5-10H2,1-4H3,(H2,13,16). The summed E-state index contributed by atoms with van der Waals surface area (Å²) in [5.74, 6) is 0. The van der Waals surface area contributed by atoms with Gasteiger partial charge in [-0.2, -0.15) is 0 Å². The molecule has 0 fully saturated rings. The second-order valence-corrected chi connectivity index (χ2v) is 5.04. The molecule has 0 aromatic heterocycles. The molecule has 0 heterocycles. The van der Waals surface area contributed by atoms with Gasteiger partial charge >= 0.3 is 0 Å². The molecule has 0 spiro atoms. The van der Waals surface area contributed by atoms with E-state index in [-0.39, 0.29) is 0 Å². The molecule has 1 unspecified atom stereocenters. The molecule has 1 atom stereocenters. The van der Waals surface area contributed by atoms with Gasteiger partial charge in [0.25, 0.3) is 0 Å². The van der Waals surface area contributed by atoms with Crippen LogP contribution < -0.4 is 5.73 Å². The third-order valence-corrected chi connectivity index (χ3v) is 3.05. The molecule has 0 amide bonds. The van der Waals surface area contributed by atoms with Gasteiger partial charge in [0.2, 0.25) is 0 Å². The Hall–Kier alpha value is -0.190. The van der Waals surface area contributed by atoms with Crippen molar-refractivity contribution in [1.82, 2.24) is 9.80 Å². The zero-order chi connectivity index (χ0) is 12.6. The molecule has 4 heteroatoms. The van der Waals surface area contributed by atoms with Gasteiger partial charge in [0.05, 0.1) is 4.99 Å². The van der Waals surface area contributed by atoms with Crippen molar-refractivity contribution in [3.63, 3.8) is 0 Å². The van der Waals surface area contributed by atoms with Crippen molar-refractivity contribution in [2.24, 2.45) is 5.73 Å². The summed E-state index contributed by atoms with van der Waals surface area (Å²) in [5.41, 5.74) is 5.63. The van der Waals surface area contributed by atoms with Gasteiger partial charge < -0.3 is 15.5 Å². The molecule has 96 valence electrons. The summed E-state index contributed by atoms with van der Waals surface area (Å²) in [7, 11) is 4.23. The molecular formula is C12H27N3S. The van der Waals surface area contributed by atoms with Crippen LogP contribution in [0.15, 0.2) is 0 Å². The lowest BCUT2D eigenvalue weighted by molar-refractivity contribution is 0.195. The Bertz CT molecular complexity index is 195. The predicted molar refractivity (Wildman–Crippen MR) is 75.9 cm³/mol. The lowest BCUT2D eigenvalue weighted by Crippen LogP contribution is -2.38. The molecule has 0 saturated carbocycles. The normalized spacial score (nSPS) is 13.4. The minimum atomic E-state index is 0.518. The van der Waals surface area contributed by atoms with Crippen molar-refractivity contribution in [2.45, 2.75) is 39.2 Å². The number of hydrogen-bond donors (Lipinski definition) is 1. The summed E-state index contributed by atoms with van der Waals surface area (Å²) >= 11 is 5.00. The second kappa shape index (κ2) is 8.90. The first kappa shape index (κ1) is 15.8. The summed E-state index contributed by atoms with van der Waals surface area (Å²) in [6.45, 7) is 7.76. The summed E-state index contributed by atoms with van der Waals surface area (Å²) in [5, 5.41) is 0. The van der Waals surface area contributed by atoms with E-state index in [1.807, 2.05) is 0 Å². The van der Waals surface area contributed by atoms with E-state index < -0.39 is 0 Å². The van der Waals surface area contributed by atoms with Crippen molar-refractivity contribution < 1.29 is 0 Å². The van der Waals surface area contributed by atoms with Crippen LogP contribution in [0.25, 0.3) is 0 Å². The Balaban J connectivity index is 4.06. The van der Waals surface area contributed by atoms with Crippen LogP contribution in [0.3, 0.4) is 0 Å². The van der Waals surface area contributed by atoms with Gasteiger partial charge in [0.1, 0.15) is 0 Å². The quantitative estimate of drug-likeness (QED) is 0.627. The minimum Gasteiger partial charge on any atom is -0.393 e.